The highest BCUT2D eigenvalue weighted by molar-refractivity contribution is 5.82. The van der Waals surface area contributed by atoms with E-state index in [9.17, 15) is 4.79 Å². The number of carbonyl (C=O) groups is 1. The van der Waals surface area contributed by atoms with Gasteiger partial charge in [-0.15, -0.1) is 0 Å². The fourth-order valence-electron chi connectivity index (χ4n) is 1.50. The highest BCUT2D eigenvalue weighted by Crippen LogP contribution is 2.09. The molecule has 1 atom stereocenters. The number of hydrogen-bond donors (Lipinski definition) is 0. The van der Waals surface area contributed by atoms with Crippen molar-refractivity contribution in [3.8, 4) is 0 Å². The van der Waals surface area contributed by atoms with Crippen molar-refractivity contribution < 1.29 is 4.79 Å². The van der Waals surface area contributed by atoms with Crippen molar-refractivity contribution in [1.29, 1.82) is 0 Å². The monoisotopic (exact) mass is 156 g/mol. The second-order valence-electron chi connectivity index (χ2n) is 3.16. The maximum atomic E-state index is 11.5. The maximum Gasteiger partial charge on any atom is 0.239 e. The van der Waals surface area contributed by atoms with Crippen molar-refractivity contribution in [1.82, 2.24) is 9.80 Å². The summed E-state index contributed by atoms with van der Waals surface area (Å²) in [6.07, 6.45) is 0.916. The molecule has 1 saturated heterocycles. The van der Waals surface area contributed by atoms with Crippen molar-refractivity contribution >= 4 is 5.91 Å². The van der Waals surface area contributed by atoms with E-state index in [-0.39, 0.29) is 11.9 Å². The van der Waals surface area contributed by atoms with Crippen LogP contribution in [-0.2, 0) is 4.79 Å². The number of likely N-dealkylation sites (N-methyl/N-ethyl adjacent to an activating group) is 2. The Balaban J connectivity index is 2.63. The fourth-order valence-corrected chi connectivity index (χ4v) is 1.50. The Morgan fingerprint density at radius 1 is 1.45 bits per heavy atom. The molecule has 11 heavy (non-hydrogen) atoms. The van der Waals surface area contributed by atoms with Crippen molar-refractivity contribution in [3.63, 3.8) is 0 Å². The average Bonchev–Trinajstić information content (AvgIpc) is 1.99. The molecule has 0 spiro atoms. The third-order valence-electron chi connectivity index (χ3n) is 2.37. The lowest BCUT2D eigenvalue weighted by Gasteiger charge is -2.36. The average molecular weight is 156 g/mol. The molecule has 0 aromatic rings. The zero-order valence-corrected chi connectivity index (χ0v) is 7.50. The van der Waals surface area contributed by atoms with E-state index in [1.807, 2.05) is 19.0 Å². The molecule has 1 unspecified atom stereocenters. The smallest absolute Gasteiger partial charge is 0.239 e. The summed E-state index contributed by atoms with van der Waals surface area (Å²) in [6.45, 7) is 3.92. The van der Waals surface area contributed by atoms with Crippen LogP contribution in [0.15, 0.2) is 0 Å². The van der Waals surface area contributed by atoms with E-state index in [1.165, 1.54) is 0 Å². The molecule has 0 aromatic heterocycles. The van der Waals surface area contributed by atoms with Gasteiger partial charge < -0.3 is 4.90 Å². The molecule has 1 fully saturated rings. The van der Waals surface area contributed by atoms with Gasteiger partial charge in [-0.25, -0.2) is 0 Å². The second-order valence-corrected chi connectivity index (χ2v) is 3.16. The number of rotatable bonds is 1. The Bertz CT molecular complexity index is 158. The van der Waals surface area contributed by atoms with Crippen LogP contribution in [0.2, 0.25) is 0 Å². The zero-order valence-electron chi connectivity index (χ0n) is 7.50. The van der Waals surface area contributed by atoms with Crippen LogP contribution in [0.1, 0.15) is 13.3 Å². The minimum absolute atomic E-state index is 0.119. The number of carbonyl (C=O) groups excluding carboxylic acids is 1. The van der Waals surface area contributed by atoms with Crippen molar-refractivity contribution in [3.05, 3.63) is 0 Å². The molecule has 0 radical (unpaired) electrons. The molecule has 1 amide bonds. The van der Waals surface area contributed by atoms with Crippen molar-refractivity contribution in [2.45, 2.75) is 19.4 Å². The summed E-state index contributed by atoms with van der Waals surface area (Å²) in [5.74, 6) is 0.265. The van der Waals surface area contributed by atoms with Gasteiger partial charge in [0.05, 0.1) is 6.04 Å². The maximum absolute atomic E-state index is 11.5. The summed E-state index contributed by atoms with van der Waals surface area (Å²) in [6, 6.07) is 0.119. The van der Waals surface area contributed by atoms with Gasteiger partial charge >= 0.3 is 0 Å². The Morgan fingerprint density at radius 3 is 2.55 bits per heavy atom. The van der Waals surface area contributed by atoms with Crippen LogP contribution < -0.4 is 0 Å². The molecule has 0 aromatic carbocycles. The van der Waals surface area contributed by atoms with Gasteiger partial charge in [0.15, 0.2) is 0 Å². The summed E-state index contributed by atoms with van der Waals surface area (Å²) >= 11 is 0. The van der Waals surface area contributed by atoms with Crippen LogP contribution in [0, 0.1) is 0 Å². The summed E-state index contributed by atoms with van der Waals surface area (Å²) in [7, 11) is 3.89. The van der Waals surface area contributed by atoms with Crippen LogP contribution in [0.3, 0.4) is 0 Å². The third kappa shape index (κ3) is 1.53. The Kier molecular flexibility index (Phi) is 2.49. The summed E-state index contributed by atoms with van der Waals surface area (Å²) in [5, 5.41) is 0. The quantitative estimate of drug-likeness (QED) is 0.540. The number of piperazine rings is 1. The molecule has 0 N–H and O–H groups in total. The van der Waals surface area contributed by atoms with E-state index in [4.69, 9.17) is 0 Å². The fraction of sp³-hybridized carbons (Fsp3) is 0.875. The van der Waals surface area contributed by atoms with Crippen LogP contribution in [-0.4, -0.2) is 48.9 Å². The van der Waals surface area contributed by atoms with Gasteiger partial charge in [-0.2, -0.15) is 0 Å². The lowest BCUT2D eigenvalue weighted by molar-refractivity contribution is -0.139. The minimum atomic E-state index is 0.119. The topological polar surface area (TPSA) is 23.6 Å². The van der Waals surface area contributed by atoms with E-state index in [0.29, 0.717) is 0 Å². The first-order valence-corrected chi connectivity index (χ1v) is 4.12. The first kappa shape index (κ1) is 8.53. The normalized spacial score (nSPS) is 27.7. The third-order valence-corrected chi connectivity index (χ3v) is 2.37. The predicted octanol–water partition coefficient (Wildman–Crippen LogP) is 0.169. The number of hydrogen-bond acceptors (Lipinski definition) is 2. The molecule has 1 rings (SSSR count). The largest absolute Gasteiger partial charge is 0.343 e. The predicted molar refractivity (Wildman–Crippen MR) is 44.3 cm³/mol. The molecule has 3 nitrogen and oxygen atoms in total. The van der Waals surface area contributed by atoms with E-state index in [2.05, 4.69) is 11.8 Å². The highest BCUT2D eigenvalue weighted by atomic mass is 16.2. The molecular formula is C8H16N2O. The first-order valence-electron chi connectivity index (χ1n) is 4.12. The second kappa shape index (κ2) is 3.22. The van der Waals surface area contributed by atoms with Gasteiger partial charge in [0.25, 0.3) is 0 Å². The first-order chi connectivity index (χ1) is 5.16. The van der Waals surface area contributed by atoms with Crippen molar-refractivity contribution in [2.24, 2.45) is 0 Å². The number of nitrogens with zero attached hydrogens (tertiary/aromatic N) is 2. The van der Waals surface area contributed by atoms with Gasteiger partial charge in [0.2, 0.25) is 5.91 Å². The van der Waals surface area contributed by atoms with Gasteiger partial charge in [-0.3, -0.25) is 9.69 Å². The van der Waals surface area contributed by atoms with Crippen molar-refractivity contribution in [2.75, 3.05) is 27.2 Å². The molecule has 1 aliphatic heterocycles. The van der Waals surface area contributed by atoms with E-state index in [1.54, 1.807) is 0 Å². The SMILES string of the molecule is CCC1C(=O)N(C)CCN1C. The molecule has 3 heteroatoms. The Labute approximate surface area is 68.0 Å². The lowest BCUT2D eigenvalue weighted by Crippen LogP contribution is -2.53. The minimum Gasteiger partial charge on any atom is -0.343 e. The van der Waals surface area contributed by atoms with E-state index in [0.717, 1.165) is 19.5 Å². The summed E-state index contributed by atoms with van der Waals surface area (Å²) in [4.78, 5) is 15.4. The lowest BCUT2D eigenvalue weighted by atomic mass is 10.1. The zero-order chi connectivity index (χ0) is 8.43. The standard InChI is InChI=1S/C8H16N2O/c1-4-7-8(11)10(3)6-5-9(7)2/h7H,4-6H2,1-3H3. The molecular weight excluding hydrogens is 140 g/mol. The van der Waals surface area contributed by atoms with Crippen LogP contribution in [0.5, 0.6) is 0 Å². The van der Waals surface area contributed by atoms with Crippen LogP contribution in [0.4, 0.5) is 0 Å². The summed E-state index contributed by atoms with van der Waals surface area (Å²) < 4.78 is 0. The van der Waals surface area contributed by atoms with Crippen LogP contribution in [0.25, 0.3) is 0 Å². The van der Waals surface area contributed by atoms with Crippen LogP contribution >= 0.6 is 0 Å². The molecule has 64 valence electrons. The molecule has 0 aliphatic carbocycles. The summed E-state index contributed by atoms with van der Waals surface area (Å²) in [5.41, 5.74) is 0. The number of amides is 1. The van der Waals surface area contributed by atoms with Gasteiger partial charge in [0.1, 0.15) is 0 Å². The Morgan fingerprint density at radius 2 is 2.09 bits per heavy atom. The van der Waals surface area contributed by atoms with Gasteiger partial charge in [-0.05, 0) is 13.5 Å². The van der Waals surface area contributed by atoms with E-state index < -0.39 is 0 Å². The Hall–Kier alpha value is -0.570. The highest BCUT2D eigenvalue weighted by Gasteiger charge is 2.28. The molecule has 0 saturated carbocycles. The van der Waals surface area contributed by atoms with Gasteiger partial charge in [0, 0.05) is 20.1 Å². The molecule has 0 bridgehead atoms. The molecule has 1 heterocycles. The molecule has 1 aliphatic rings. The van der Waals surface area contributed by atoms with E-state index >= 15 is 0 Å². The van der Waals surface area contributed by atoms with Gasteiger partial charge in [-0.1, -0.05) is 6.92 Å².